The maximum absolute atomic E-state index is 13.9. The number of rotatable bonds is 9. The van der Waals surface area contributed by atoms with E-state index in [0.717, 1.165) is 51.2 Å². The molecule has 0 spiro atoms. The Hall–Kier alpha value is -4.58. The molecule has 50 heavy (non-hydrogen) atoms. The number of benzene rings is 3. The third-order valence-corrected chi connectivity index (χ3v) is 9.18. The summed E-state index contributed by atoms with van der Waals surface area (Å²) in [6, 6.07) is 15.8. The van der Waals surface area contributed by atoms with Gasteiger partial charge in [0.05, 0.1) is 49.5 Å². The molecule has 1 aliphatic carbocycles. The molecule has 6 nitrogen and oxygen atoms in total. The molecule has 4 aromatic rings. The minimum Gasteiger partial charge on any atom is -0.496 e. The molecule has 0 N–H and O–H groups in total. The summed E-state index contributed by atoms with van der Waals surface area (Å²) in [5.41, 5.74) is 3.79. The summed E-state index contributed by atoms with van der Waals surface area (Å²) >= 11 is 0. The lowest BCUT2D eigenvalue weighted by molar-refractivity contribution is -0.143. The summed E-state index contributed by atoms with van der Waals surface area (Å²) in [4.78, 5) is 12.9. The molecule has 1 aromatic heterocycles. The second kappa shape index (κ2) is 14.3. The van der Waals surface area contributed by atoms with Crippen LogP contribution in [0, 0.1) is 0 Å². The van der Waals surface area contributed by atoms with Gasteiger partial charge in [-0.2, -0.15) is 26.3 Å². The fourth-order valence-corrected chi connectivity index (χ4v) is 6.58. The number of morpholine rings is 1. The summed E-state index contributed by atoms with van der Waals surface area (Å²) in [5.74, 6) is 1.06. The fraction of sp³-hybridized carbons (Fsp3) is 0.368. The number of aromatic nitrogens is 2. The molecule has 1 fully saturated rings. The van der Waals surface area contributed by atoms with Crippen molar-refractivity contribution in [2.24, 2.45) is 0 Å². The first-order chi connectivity index (χ1) is 23.8. The highest BCUT2D eigenvalue weighted by atomic mass is 19.4. The predicted octanol–water partition coefficient (Wildman–Crippen LogP) is 8.94. The van der Waals surface area contributed by atoms with E-state index in [4.69, 9.17) is 9.47 Å². The molecule has 0 amide bonds. The van der Waals surface area contributed by atoms with Crippen LogP contribution in [0.4, 0.5) is 38.0 Å². The van der Waals surface area contributed by atoms with Crippen LogP contribution in [0.5, 0.6) is 5.75 Å². The smallest absolute Gasteiger partial charge is 0.416 e. The SMILES string of the molecule is COc1ccc(C(C)C)cc1C1=C(CN(Cc2cc(C(F)(F)F)cc(C(F)(F)F)c2)c2ncc(N3CCOCC3)cn2)CCc2ccccc21. The Labute approximate surface area is 287 Å². The van der Waals surface area contributed by atoms with Gasteiger partial charge in [0.1, 0.15) is 5.75 Å². The number of ether oxygens (including phenoxy) is 2. The van der Waals surface area contributed by atoms with Gasteiger partial charge in [-0.15, -0.1) is 0 Å². The van der Waals surface area contributed by atoms with Crippen LogP contribution in [0.15, 0.2) is 78.6 Å². The van der Waals surface area contributed by atoms with E-state index in [2.05, 4.69) is 40.8 Å². The number of anilines is 2. The average Bonchev–Trinajstić information content (AvgIpc) is 3.10. The van der Waals surface area contributed by atoms with Gasteiger partial charge in [0.25, 0.3) is 0 Å². The Morgan fingerprint density at radius 2 is 1.48 bits per heavy atom. The van der Waals surface area contributed by atoms with Gasteiger partial charge in [0.2, 0.25) is 5.95 Å². The maximum atomic E-state index is 13.9. The van der Waals surface area contributed by atoms with E-state index >= 15 is 0 Å². The molecule has 0 unspecified atom stereocenters. The monoisotopic (exact) mass is 696 g/mol. The van der Waals surface area contributed by atoms with Crippen LogP contribution in [0.2, 0.25) is 0 Å². The number of fused-ring (bicyclic) bond motifs is 1. The molecule has 2 aliphatic rings. The van der Waals surface area contributed by atoms with Crippen molar-refractivity contribution in [3.05, 3.63) is 118 Å². The molecule has 1 aliphatic heterocycles. The number of hydrogen-bond donors (Lipinski definition) is 0. The fourth-order valence-electron chi connectivity index (χ4n) is 6.58. The van der Waals surface area contributed by atoms with E-state index in [1.165, 1.54) is 0 Å². The van der Waals surface area contributed by atoms with Gasteiger partial charge in [-0.3, -0.25) is 0 Å². The van der Waals surface area contributed by atoms with E-state index in [1.807, 2.05) is 30.3 Å². The van der Waals surface area contributed by atoms with Gasteiger partial charge in [-0.25, -0.2) is 9.97 Å². The lowest BCUT2D eigenvalue weighted by Gasteiger charge is -2.31. The largest absolute Gasteiger partial charge is 0.496 e. The minimum atomic E-state index is -4.97. The van der Waals surface area contributed by atoms with Gasteiger partial charge in [0, 0.05) is 31.7 Å². The highest BCUT2D eigenvalue weighted by Gasteiger charge is 2.37. The van der Waals surface area contributed by atoms with Crippen LogP contribution in [0.3, 0.4) is 0 Å². The molecule has 0 saturated carbocycles. The Morgan fingerprint density at radius 1 is 0.820 bits per heavy atom. The molecule has 12 heteroatoms. The van der Waals surface area contributed by atoms with Crippen molar-refractivity contribution >= 4 is 17.2 Å². The topological polar surface area (TPSA) is 50.7 Å². The van der Waals surface area contributed by atoms with Gasteiger partial charge in [-0.1, -0.05) is 44.2 Å². The molecule has 264 valence electrons. The Morgan fingerprint density at radius 3 is 2.10 bits per heavy atom. The second-order valence-electron chi connectivity index (χ2n) is 12.9. The second-order valence-corrected chi connectivity index (χ2v) is 12.9. The van der Waals surface area contributed by atoms with Crippen molar-refractivity contribution in [1.82, 2.24) is 9.97 Å². The van der Waals surface area contributed by atoms with Crippen molar-refractivity contribution in [1.29, 1.82) is 0 Å². The number of hydrogen-bond acceptors (Lipinski definition) is 6. The summed E-state index contributed by atoms with van der Waals surface area (Å²) in [5, 5.41) is 0. The molecule has 0 bridgehead atoms. The van der Waals surface area contributed by atoms with E-state index in [-0.39, 0.29) is 36.6 Å². The zero-order valence-corrected chi connectivity index (χ0v) is 28.0. The highest BCUT2D eigenvalue weighted by molar-refractivity contribution is 5.88. The van der Waals surface area contributed by atoms with E-state index < -0.39 is 23.5 Å². The summed E-state index contributed by atoms with van der Waals surface area (Å²) in [6.45, 7) is 6.42. The van der Waals surface area contributed by atoms with Crippen LogP contribution in [-0.2, 0) is 30.1 Å². The zero-order valence-electron chi connectivity index (χ0n) is 28.0. The quantitative estimate of drug-likeness (QED) is 0.163. The number of alkyl halides is 6. The van der Waals surface area contributed by atoms with Crippen LogP contribution in [0.1, 0.15) is 65.1 Å². The summed E-state index contributed by atoms with van der Waals surface area (Å²) in [6.07, 6.45) is -5.38. The number of nitrogens with zero attached hydrogens (tertiary/aromatic N) is 4. The van der Waals surface area contributed by atoms with E-state index in [9.17, 15) is 26.3 Å². The molecule has 3 aromatic carbocycles. The molecule has 0 atom stereocenters. The first kappa shape index (κ1) is 35.3. The summed E-state index contributed by atoms with van der Waals surface area (Å²) in [7, 11) is 1.60. The van der Waals surface area contributed by atoms with Crippen molar-refractivity contribution in [2.75, 3.05) is 49.8 Å². The third kappa shape index (κ3) is 7.75. The van der Waals surface area contributed by atoms with Crippen molar-refractivity contribution in [3.63, 3.8) is 0 Å². The first-order valence-corrected chi connectivity index (χ1v) is 16.5. The van der Waals surface area contributed by atoms with Gasteiger partial charge >= 0.3 is 12.4 Å². The zero-order chi connectivity index (χ0) is 35.6. The van der Waals surface area contributed by atoms with E-state index in [0.29, 0.717) is 44.9 Å². The molecule has 1 saturated heterocycles. The molecule has 2 heterocycles. The highest BCUT2D eigenvalue weighted by Crippen LogP contribution is 2.42. The standard InChI is InChI=1S/C38H38F6N4O2/c1-24(2)27-10-11-34(49-3)33(18-27)35-28(9-8-26-6-4-5-7-32(26)35)23-48(36-45-20-31(21-46-36)47-12-14-50-15-13-47)22-25-16-29(37(39,40)41)19-30(17-25)38(42,43)44/h4-7,10-11,16-21,24H,8-9,12-15,22-23H2,1-3H3. The number of methoxy groups -OCH3 is 1. The molecular formula is C38H38F6N4O2. The van der Waals surface area contributed by atoms with Crippen LogP contribution in [0.25, 0.3) is 5.57 Å². The Kier molecular flexibility index (Phi) is 10.1. The van der Waals surface area contributed by atoms with Crippen molar-refractivity contribution < 1.29 is 35.8 Å². The van der Waals surface area contributed by atoms with Gasteiger partial charge in [0.15, 0.2) is 0 Å². The third-order valence-electron chi connectivity index (χ3n) is 9.18. The van der Waals surface area contributed by atoms with Gasteiger partial charge in [-0.05, 0) is 82.5 Å². The van der Waals surface area contributed by atoms with Crippen molar-refractivity contribution in [3.8, 4) is 5.75 Å². The lowest BCUT2D eigenvalue weighted by atomic mass is 9.81. The van der Waals surface area contributed by atoms with Gasteiger partial charge < -0.3 is 19.3 Å². The normalized spacial score (nSPS) is 15.4. The molecular weight excluding hydrogens is 658 g/mol. The van der Waals surface area contributed by atoms with Crippen LogP contribution >= 0.6 is 0 Å². The predicted molar refractivity (Wildman–Crippen MR) is 180 cm³/mol. The number of aryl methyl sites for hydroxylation is 1. The molecule has 0 radical (unpaired) electrons. The lowest BCUT2D eigenvalue weighted by Crippen LogP contribution is -2.36. The van der Waals surface area contributed by atoms with E-state index in [1.54, 1.807) is 24.4 Å². The summed E-state index contributed by atoms with van der Waals surface area (Å²) < 4.78 is 94.6. The Balaban J connectivity index is 1.49. The molecule has 6 rings (SSSR count). The van der Waals surface area contributed by atoms with Crippen LogP contribution < -0.4 is 14.5 Å². The van der Waals surface area contributed by atoms with Crippen LogP contribution in [-0.4, -0.2) is 49.9 Å². The minimum absolute atomic E-state index is 0.146. The Bertz CT molecular complexity index is 1820. The first-order valence-electron chi connectivity index (χ1n) is 16.5. The van der Waals surface area contributed by atoms with Crippen molar-refractivity contribution in [2.45, 2.75) is 51.5 Å². The number of halogens is 6. The maximum Gasteiger partial charge on any atom is 0.416 e. The average molecular weight is 697 g/mol.